The molecule has 0 radical (unpaired) electrons. The fourth-order valence-corrected chi connectivity index (χ4v) is 3.82. The van der Waals surface area contributed by atoms with Crippen LogP contribution in [-0.4, -0.2) is 5.78 Å². The van der Waals surface area contributed by atoms with Crippen LogP contribution in [0.15, 0.2) is 12.2 Å². The molecule has 0 aromatic carbocycles. The van der Waals surface area contributed by atoms with Crippen LogP contribution in [0, 0.1) is 23.2 Å². The third kappa shape index (κ3) is 1.85. The molecule has 0 amide bonds. The van der Waals surface area contributed by atoms with Gasteiger partial charge in [-0.1, -0.05) is 26.0 Å². The van der Waals surface area contributed by atoms with Crippen molar-refractivity contribution in [3.8, 4) is 0 Å². The lowest BCUT2D eigenvalue weighted by Crippen LogP contribution is -2.45. The number of Topliss-reactive ketones (excluding diaryl/α,β-unsaturated/α-hetero) is 1. The summed E-state index contributed by atoms with van der Waals surface area (Å²) in [7, 11) is 0. The van der Waals surface area contributed by atoms with Gasteiger partial charge in [0.25, 0.3) is 0 Å². The van der Waals surface area contributed by atoms with Crippen LogP contribution in [0.25, 0.3) is 0 Å². The number of rotatable bonds is 1. The summed E-state index contributed by atoms with van der Waals surface area (Å²) >= 11 is 0. The Morgan fingerprint density at radius 2 is 2.06 bits per heavy atom. The molecule has 0 aromatic heterocycles. The zero-order valence-corrected chi connectivity index (χ0v) is 10.9. The Morgan fingerprint density at radius 1 is 1.38 bits per heavy atom. The van der Waals surface area contributed by atoms with E-state index in [-0.39, 0.29) is 0 Å². The third-order valence-corrected chi connectivity index (χ3v) is 5.31. The van der Waals surface area contributed by atoms with Crippen LogP contribution >= 0.6 is 0 Å². The first kappa shape index (κ1) is 11.9. The molecule has 0 heterocycles. The predicted molar refractivity (Wildman–Crippen MR) is 67.2 cm³/mol. The van der Waals surface area contributed by atoms with Crippen molar-refractivity contribution in [1.29, 1.82) is 0 Å². The molecule has 2 saturated carbocycles. The van der Waals surface area contributed by atoms with Crippen LogP contribution in [0.3, 0.4) is 0 Å². The molecular formula is C15H24O. The Hall–Kier alpha value is -0.590. The van der Waals surface area contributed by atoms with E-state index in [9.17, 15) is 4.79 Å². The van der Waals surface area contributed by atoms with Crippen molar-refractivity contribution in [2.24, 2.45) is 23.2 Å². The second-order valence-electron chi connectivity index (χ2n) is 6.38. The molecule has 0 aromatic rings. The van der Waals surface area contributed by atoms with E-state index < -0.39 is 0 Å². The second kappa shape index (κ2) is 4.01. The molecule has 0 saturated heterocycles. The largest absolute Gasteiger partial charge is 0.300 e. The van der Waals surface area contributed by atoms with Gasteiger partial charge in [-0.3, -0.25) is 4.79 Å². The lowest BCUT2D eigenvalue weighted by Gasteiger charge is -2.51. The Kier molecular flexibility index (Phi) is 2.98. The monoisotopic (exact) mass is 220 g/mol. The lowest BCUT2D eigenvalue weighted by molar-refractivity contribution is -0.130. The van der Waals surface area contributed by atoms with Gasteiger partial charge in [0, 0.05) is 12.8 Å². The van der Waals surface area contributed by atoms with Crippen molar-refractivity contribution >= 4 is 5.78 Å². The number of carbonyl (C=O) groups is 1. The van der Waals surface area contributed by atoms with Gasteiger partial charge >= 0.3 is 0 Å². The number of fused-ring (bicyclic) bond motifs is 1. The lowest BCUT2D eigenvalue weighted by atomic mass is 9.53. The van der Waals surface area contributed by atoms with Gasteiger partial charge in [0.1, 0.15) is 5.78 Å². The molecule has 2 aliphatic rings. The van der Waals surface area contributed by atoms with E-state index in [1.165, 1.54) is 24.8 Å². The van der Waals surface area contributed by atoms with E-state index >= 15 is 0 Å². The Bertz CT molecular complexity index is 317. The number of ketones is 1. The highest BCUT2D eigenvalue weighted by Crippen LogP contribution is 2.54. The molecular weight excluding hydrogens is 196 g/mol. The second-order valence-corrected chi connectivity index (χ2v) is 6.38. The molecule has 2 fully saturated rings. The quantitative estimate of drug-likeness (QED) is 0.611. The van der Waals surface area contributed by atoms with Gasteiger partial charge < -0.3 is 0 Å². The third-order valence-electron chi connectivity index (χ3n) is 5.31. The van der Waals surface area contributed by atoms with Crippen molar-refractivity contribution < 1.29 is 4.79 Å². The summed E-state index contributed by atoms with van der Waals surface area (Å²) in [5.74, 6) is 2.38. The molecule has 0 N–H and O–H groups in total. The first-order valence-corrected chi connectivity index (χ1v) is 6.60. The van der Waals surface area contributed by atoms with Crippen LogP contribution in [0.2, 0.25) is 0 Å². The van der Waals surface area contributed by atoms with Gasteiger partial charge in [0.2, 0.25) is 0 Å². The molecule has 0 bridgehead atoms. The SMILES string of the molecule is C=C(C)C1CCC2CC(=O)CC(C)C2(C)C1. The minimum absolute atomic E-state index is 0.385. The Labute approximate surface area is 99.3 Å². The normalized spacial score (nSPS) is 43.9. The fourth-order valence-electron chi connectivity index (χ4n) is 3.82. The number of allylic oxidation sites excluding steroid dienone is 1. The summed E-state index contributed by atoms with van der Waals surface area (Å²) in [5.41, 5.74) is 1.72. The van der Waals surface area contributed by atoms with Crippen molar-refractivity contribution in [2.45, 2.75) is 52.9 Å². The Balaban J connectivity index is 2.19. The van der Waals surface area contributed by atoms with Gasteiger partial charge in [-0.05, 0) is 49.4 Å². The molecule has 0 spiro atoms. The van der Waals surface area contributed by atoms with Crippen molar-refractivity contribution in [2.75, 3.05) is 0 Å². The summed E-state index contributed by atoms with van der Waals surface area (Å²) in [5, 5.41) is 0. The fraction of sp³-hybridized carbons (Fsp3) is 0.800. The van der Waals surface area contributed by atoms with E-state index in [1.807, 2.05) is 0 Å². The maximum atomic E-state index is 11.7. The highest BCUT2D eigenvalue weighted by atomic mass is 16.1. The summed E-state index contributed by atoms with van der Waals surface area (Å²) in [6, 6.07) is 0. The molecule has 16 heavy (non-hydrogen) atoms. The summed E-state index contributed by atoms with van der Waals surface area (Å²) in [6.45, 7) is 11.0. The van der Waals surface area contributed by atoms with Crippen LogP contribution in [0.5, 0.6) is 0 Å². The van der Waals surface area contributed by atoms with Crippen LogP contribution in [0.4, 0.5) is 0 Å². The van der Waals surface area contributed by atoms with Crippen LogP contribution in [0.1, 0.15) is 52.9 Å². The van der Waals surface area contributed by atoms with Gasteiger partial charge in [-0.25, -0.2) is 0 Å². The van der Waals surface area contributed by atoms with Crippen molar-refractivity contribution in [1.82, 2.24) is 0 Å². The zero-order valence-electron chi connectivity index (χ0n) is 10.9. The molecule has 2 aliphatic carbocycles. The predicted octanol–water partition coefficient (Wildman–Crippen LogP) is 3.98. The molecule has 4 unspecified atom stereocenters. The summed E-state index contributed by atoms with van der Waals surface area (Å²) in [6.07, 6.45) is 5.36. The molecule has 90 valence electrons. The van der Waals surface area contributed by atoms with Gasteiger partial charge in [-0.2, -0.15) is 0 Å². The molecule has 1 heteroatoms. The van der Waals surface area contributed by atoms with E-state index in [0.717, 1.165) is 12.8 Å². The molecule has 0 aliphatic heterocycles. The van der Waals surface area contributed by atoms with Gasteiger partial charge in [0.15, 0.2) is 0 Å². The molecule has 2 rings (SSSR count). The zero-order chi connectivity index (χ0) is 11.9. The van der Waals surface area contributed by atoms with Gasteiger partial charge in [0.05, 0.1) is 0 Å². The minimum atomic E-state index is 0.385. The Morgan fingerprint density at radius 3 is 2.69 bits per heavy atom. The topological polar surface area (TPSA) is 17.1 Å². The first-order chi connectivity index (χ1) is 7.43. The maximum absolute atomic E-state index is 11.7. The summed E-state index contributed by atoms with van der Waals surface area (Å²) in [4.78, 5) is 11.7. The molecule has 1 nitrogen and oxygen atoms in total. The van der Waals surface area contributed by atoms with E-state index in [0.29, 0.717) is 29.0 Å². The number of hydrogen-bond acceptors (Lipinski definition) is 1. The average Bonchev–Trinajstić information content (AvgIpc) is 2.19. The first-order valence-electron chi connectivity index (χ1n) is 6.60. The van der Waals surface area contributed by atoms with E-state index in [4.69, 9.17) is 0 Å². The average molecular weight is 220 g/mol. The van der Waals surface area contributed by atoms with Crippen molar-refractivity contribution in [3.05, 3.63) is 12.2 Å². The van der Waals surface area contributed by atoms with Crippen molar-refractivity contribution in [3.63, 3.8) is 0 Å². The highest BCUT2D eigenvalue weighted by molar-refractivity contribution is 5.80. The summed E-state index contributed by atoms with van der Waals surface area (Å²) < 4.78 is 0. The van der Waals surface area contributed by atoms with E-state index in [2.05, 4.69) is 27.4 Å². The number of hydrogen-bond donors (Lipinski definition) is 0. The van der Waals surface area contributed by atoms with E-state index in [1.54, 1.807) is 0 Å². The maximum Gasteiger partial charge on any atom is 0.133 e. The van der Waals surface area contributed by atoms with Crippen LogP contribution in [-0.2, 0) is 4.79 Å². The highest BCUT2D eigenvalue weighted by Gasteiger charge is 2.47. The standard InChI is InChI=1S/C15H24O/c1-10(2)12-5-6-13-8-14(16)7-11(3)15(13,4)9-12/h11-13H,1,5-9H2,2-4H3. The van der Waals surface area contributed by atoms with Crippen LogP contribution < -0.4 is 0 Å². The number of carbonyl (C=O) groups excluding carboxylic acids is 1. The van der Waals surface area contributed by atoms with Gasteiger partial charge in [-0.15, -0.1) is 0 Å². The molecule has 4 atom stereocenters. The minimum Gasteiger partial charge on any atom is -0.300 e. The smallest absolute Gasteiger partial charge is 0.133 e.